The van der Waals surface area contributed by atoms with Gasteiger partial charge in [-0.1, -0.05) is 30.7 Å². The van der Waals surface area contributed by atoms with Crippen molar-refractivity contribution in [3.05, 3.63) is 41.5 Å². The fourth-order valence-corrected chi connectivity index (χ4v) is 2.99. The highest BCUT2D eigenvalue weighted by Crippen LogP contribution is 2.21. The molecule has 1 rings (SSSR count). The Morgan fingerprint density at radius 1 is 1.24 bits per heavy atom. The summed E-state index contributed by atoms with van der Waals surface area (Å²) in [5.41, 5.74) is 2.90. The van der Waals surface area contributed by atoms with Crippen LogP contribution in [-0.2, 0) is 11.2 Å². The Labute approximate surface area is 135 Å². The molecule has 2 heteroatoms. The smallest absolute Gasteiger partial charge is 0.0622 e. The van der Waals surface area contributed by atoms with E-state index in [9.17, 15) is 0 Å². The van der Waals surface area contributed by atoms with E-state index in [1.807, 2.05) is 11.8 Å². The molecule has 0 aliphatic rings. The van der Waals surface area contributed by atoms with Gasteiger partial charge in [-0.2, -0.15) is 0 Å². The van der Waals surface area contributed by atoms with Crippen molar-refractivity contribution in [2.75, 3.05) is 12.9 Å². The Morgan fingerprint density at radius 2 is 1.90 bits per heavy atom. The topological polar surface area (TPSA) is 9.23 Å². The Kier molecular flexibility index (Phi) is 8.13. The number of methoxy groups -OCH3 is 1. The van der Waals surface area contributed by atoms with Crippen LogP contribution in [0.1, 0.15) is 52.5 Å². The van der Waals surface area contributed by atoms with E-state index in [2.05, 4.69) is 58.0 Å². The van der Waals surface area contributed by atoms with E-state index in [0.717, 1.165) is 18.6 Å². The minimum atomic E-state index is 0.00997. The highest BCUT2D eigenvalue weighted by Gasteiger charge is 2.14. The molecule has 1 aromatic carbocycles. The number of aryl methyl sites for hydroxylation is 1. The number of allylic oxidation sites excluding steroid dienone is 1. The van der Waals surface area contributed by atoms with Crippen molar-refractivity contribution in [1.82, 2.24) is 0 Å². The summed E-state index contributed by atoms with van der Waals surface area (Å²) in [6.45, 7) is 8.74. The Hall–Kier alpha value is -0.730. The molecule has 1 aromatic rings. The molecule has 0 bridgehead atoms. The number of benzene rings is 1. The van der Waals surface area contributed by atoms with Crippen molar-refractivity contribution in [1.29, 1.82) is 0 Å². The SMILES string of the molecule is CCc1ccc(SC/C=C(\C)CCCC(C)(C)OC)cc1. The van der Waals surface area contributed by atoms with Crippen LogP contribution in [0.25, 0.3) is 0 Å². The van der Waals surface area contributed by atoms with Crippen molar-refractivity contribution >= 4 is 11.8 Å². The van der Waals surface area contributed by atoms with Gasteiger partial charge in [0, 0.05) is 17.8 Å². The van der Waals surface area contributed by atoms with Gasteiger partial charge in [0.2, 0.25) is 0 Å². The minimum absolute atomic E-state index is 0.00997. The molecule has 0 saturated carbocycles. The van der Waals surface area contributed by atoms with Crippen LogP contribution in [0.3, 0.4) is 0 Å². The zero-order chi connectivity index (χ0) is 15.7. The van der Waals surface area contributed by atoms with Gasteiger partial charge in [0.1, 0.15) is 0 Å². The maximum Gasteiger partial charge on any atom is 0.0622 e. The third-order valence-electron chi connectivity index (χ3n) is 3.92. The molecule has 0 aliphatic heterocycles. The third kappa shape index (κ3) is 7.73. The van der Waals surface area contributed by atoms with E-state index in [-0.39, 0.29) is 5.60 Å². The zero-order valence-corrected chi connectivity index (χ0v) is 15.1. The van der Waals surface area contributed by atoms with Crippen LogP contribution < -0.4 is 0 Å². The van der Waals surface area contributed by atoms with Gasteiger partial charge in [-0.15, -0.1) is 11.8 Å². The van der Waals surface area contributed by atoms with Crippen molar-refractivity contribution in [3.63, 3.8) is 0 Å². The Morgan fingerprint density at radius 3 is 2.48 bits per heavy atom. The monoisotopic (exact) mass is 306 g/mol. The number of hydrogen-bond acceptors (Lipinski definition) is 2. The number of ether oxygens (including phenoxy) is 1. The average Bonchev–Trinajstić information content (AvgIpc) is 2.48. The molecule has 0 saturated heterocycles. The molecule has 0 aromatic heterocycles. The fraction of sp³-hybridized carbons (Fsp3) is 0.579. The molecule has 0 radical (unpaired) electrons. The predicted molar refractivity (Wildman–Crippen MR) is 95.2 cm³/mol. The standard InChI is InChI=1S/C19H30OS/c1-6-17-9-11-18(12-10-17)21-15-13-16(2)8-7-14-19(3,4)20-5/h9-13H,6-8,14-15H2,1-5H3/b16-13+. The largest absolute Gasteiger partial charge is 0.379 e. The lowest BCUT2D eigenvalue weighted by Crippen LogP contribution is -2.21. The second-order valence-electron chi connectivity index (χ2n) is 6.18. The summed E-state index contributed by atoms with van der Waals surface area (Å²) < 4.78 is 5.45. The van der Waals surface area contributed by atoms with Gasteiger partial charge in [-0.3, -0.25) is 0 Å². The van der Waals surface area contributed by atoms with Crippen molar-refractivity contribution in [3.8, 4) is 0 Å². The highest BCUT2D eigenvalue weighted by molar-refractivity contribution is 7.99. The highest BCUT2D eigenvalue weighted by atomic mass is 32.2. The first-order valence-corrected chi connectivity index (χ1v) is 8.88. The molecule has 1 nitrogen and oxygen atoms in total. The maximum atomic E-state index is 5.45. The van der Waals surface area contributed by atoms with E-state index in [1.165, 1.54) is 28.9 Å². The normalized spacial score (nSPS) is 12.7. The number of thioether (sulfide) groups is 1. The Balaban J connectivity index is 2.28. The Bertz CT molecular complexity index is 431. The molecule has 0 unspecified atom stereocenters. The summed E-state index contributed by atoms with van der Waals surface area (Å²) in [4.78, 5) is 1.36. The van der Waals surface area contributed by atoms with E-state index in [4.69, 9.17) is 4.74 Å². The third-order valence-corrected chi connectivity index (χ3v) is 4.85. The molecule has 0 N–H and O–H groups in total. The molecule has 118 valence electrons. The molecule has 0 fully saturated rings. The fourth-order valence-electron chi connectivity index (χ4n) is 2.10. The van der Waals surface area contributed by atoms with Crippen LogP contribution in [0.5, 0.6) is 0 Å². The first-order valence-electron chi connectivity index (χ1n) is 7.89. The summed E-state index contributed by atoms with van der Waals surface area (Å²) in [6.07, 6.45) is 6.95. The number of rotatable bonds is 9. The van der Waals surface area contributed by atoms with Gasteiger partial charge in [-0.05, 0) is 64.2 Å². The van der Waals surface area contributed by atoms with E-state index in [1.54, 1.807) is 7.11 Å². The van der Waals surface area contributed by atoms with Crippen LogP contribution >= 0.6 is 11.8 Å². The summed E-state index contributed by atoms with van der Waals surface area (Å²) in [7, 11) is 1.79. The first kappa shape index (κ1) is 18.3. The minimum Gasteiger partial charge on any atom is -0.379 e. The first-order chi connectivity index (χ1) is 9.96. The summed E-state index contributed by atoms with van der Waals surface area (Å²) in [6, 6.07) is 8.92. The van der Waals surface area contributed by atoms with Crippen LogP contribution in [-0.4, -0.2) is 18.5 Å². The van der Waals surface area contributed by atoms with Gasteiger partial charge in [0.15, 0.2) is 0 Å². The lowest BCUT2D eigenvalue weighted by molar-refractivity contribution is 0.0140. The van der Waals surface area contributed by atoms with Crippen molar-refractivity contribution in [2.45, 2.75) is 63.9 Å². The van der Waals surface area contributed by atoms with Gasteiger partial charge in [-0.25, -0.2) is 0 Å². The predicted octanol–water partition coefficient (Wildman–Crippen LogP) is 5.88. The second kappa shape index (κ2) is 9.32. The van der Waals surface area contributed by atoms with Crippen LogP contribution in [0.2, 0.25) is 0 Å². The van der Waals surface area contributed by atoms with Crippen LogP contribution in [0.4, 0.5) is 0 Å². The number of hydrogen-bond donors (Lipinski definition) is 0. The molecule has 0 heterocycles. The quantitative estimate of drug-likeness (QED) is 0.416. The molecule has 21 heavy (non-hydrogen) atoms. The van der Waals surface area contributed by atoms with Crippen molar-refractivity contribution < 1.29 is 4.74 Å². The molecule has 0 atom stereocenters. The van der Waals surface area contributed by atoms with Gasteiger partial charge < -0.3 is 4.74 Å². The molecule has 0 aliphatic carbocycles. The van der Waals surface area contributed by atoms with E-state index >= 15 is 0 Å². The lowest BCUT2D eigenvalue weighted by atomic mass is 9.99. The summed E-state index contributed by atoms with van der Waals surface area (Å²) in [5, 5.41) is 0. The molecular formula is C19H30OS. The van der Waals surface area contributed by atoms with E-state index in [0.29, 0.717) is 0 Å². The van der Waals surface area contributed by atoms with Crippen LogP contribution in [0, 0.1) is 0 Å². The van der Waals surface area contributed by atoms with Crippen LogP contribution in [0.15, 0.2) is 40.8 Å². The average molecular weight is 307 g/mol. The molecule has 0 spiro atoms. The second-order valence-corrected chi connectivity index (χ2v) is 7.27. The summed E-state index contributed by atoms with van der Waals surface area (Å²) in [5.74, 6) is 1.06. The zero-order valence-electron chi connectivity index (χ0n) is 14.2. The van der Waals surface area contributed by atoms with Gasteiger partial charge >= 0.3 is 0 Å². The van der Waals surface area contributed by atoms with Crippen molar-refractivity contribution in [2.24, 2.45) is 0 Å². The maximum absolute atomic E-state index is 5.45. The molecule has 0 amide bonds. The van der Waals surface area contributed by atoms with E-state index < -0.39 is 0 Å². The van der Waals surface area contributed by atoms with Gasteiger partial charge in [0.25, 0.3) is 0 Å². The lowest BCUT2D eigenvalue weighted by Gasteiger charge is -2.22. The van der Waals surface area contributed by atoms with Gasteiger partial charge in [0.05, 0.1) is 5.60 Å². The molecular weight excluding hydrogens is 276 g/mol. The summed E-state index contributed by atoms with van der Waals surface area (Å²) >= 11 is 1.91.